The molecule has 2 rings (SSSR count). The number of benzene rings is 1. The number of fused-ring (bicyclic) bond motifs is 1. The van der Waals surface area contributed by atoms with Crippen LogP contribution in [0.5, 0.6) is 0 Å². The molecule has 0 spiro atoms. The lowest BCUT2D eigenvalue weighted by molar-refractivity contribution is -0.127. The normalized spacial score (nSPS) is 10.7. The molecule has 118 valence electrons. The van der Waals surface area contributed by atoms with Crippen LogP contribution >= 0.6 is 0 Å². The Bertz CT molecular complexity index is 693. The highest BCUT2D eigenvalue weighted by Crippen LogP contribution is 2.17. The number of hydrogen-bond acceptors (Lipinski definition) is 3. The van der Waals surface area contributed by atoms with E-state index in [1.165, 1.54) is 6.92 Å². The zero-order valence-electron chi connectivity index (χ0n) is 13.5. The number of amides is 2. The summed E-state index contributed by atoms with van der Waals surface area (Å²) in [5.41, 5.74) is 2.47. The number of rotatable bonds is 5. The number of aromatic nitrogens is 2. The number of nitrogens with zero attached hydrogens (tertiary/aromatic N) is 3. The van der Waals surface area contributed by atoms with Crippen LogP contribution in [0.25, 0.3) is 10.9 Å². The van der Waals surface area contributed by atoms with Gasteiger partial charge in [-0.1, -0.05) is 0 Å². The van der Waals surface area contributed by atoms with Crippen molar-refractivity contribution in [1.29, 1.82) is 0 Å². The first kappa shape index (κ1) is 16.0. The van der Waals surface area contributed by atoms with Gasteiger partial charge in [0.05, 0.1) is 5.52 Å². The van der Waals surface area contributed by atoms with Gasteiger partial charge in [0.2, 0.25) is 5.91 Å². The van der Waals surface area contributed by atoms with Gasteiger partial charge in [-0.2, -0.15) is 5.10 Å². The topological polar surface area (TPSA) is 69.3 Å². The van der Waals surface area contributed by atoms with E-state index in [4.69, 9.17) is 0 Å². The summed E-state index contributed by atoms with van der Waals surface area (Å²) in [5.74, 6) is 0.0165. The molecule has 1 aromatic carbocycles. The Kier molecular flexibility index (Phi) is 4.80. The number of aryl methyl sites for hydroxylation is 1. The van der Waals surface area contributed by atoms with Gasteiger partial charge in [0, 0.05) is 50.8 Å². The third-order valence-corrected chi connectivity index (χ3v) is 3.86. The second-order valence-corrected chi connectivity index (χ2v) is 5.60. The van der Waals surface area contributed by atoms with Crippen LogP contribution in [0.15, 0.2) is 18.2 Å². The second-order valence-electron chi connectivity index (χ2n) is 5.60. The highest BCUT2D eigenvalue weighted by Gasteiger charge is 2.13. The van der Waals surface area contributed by atoms with Gasteiger partial charge < -0.3 is 9.80 Å². The SMILES string of the molecule is CC(=O)N(C)CCCN(C)C(=O)c1ccc2n[nH]c(C)c2c1. The van der Waals surface area contributed by atoms with Crippen molar-refractivity contribution in [2.24, 2.45) is 0 Å². The zero-order valence-corrected chi connectivity index (χ0v) is 13.5. The highest BCUT2D eigenvalue weighted by molar-refractivity contribution is 5.98. The van der Waals surface area contributed by atoms with Gasteiger partial charge in [-0.3, -0.25) is 14.7 Å². The Labute approximate surface area is 130 Å². The van der Waals surface area contributed by atoms with Gasteiger partial charge in [-0.15, -0.1) is 0 Å². The molecular formula is C16H22N4O2. The van der Waals surface area contributed by atoms with Gasteiger partial charge in [-0.25, -0.2) is 0 Å². The molecule has 2 aromatic rings. The Hall–Kier alpha value is -2.37. The molecule has 1 heterocycles. The fourth-order valence-corrected chi connectivity index (χ4v) is 2.30. The van der Waals surface area contributed by atoms with Crippen LogP contribution < -0.4 is 0 Å². The molecule has 6 nitrogen and oxygen atoms in total. The highest BCUT2D eigenvalue weighted by atomic mass is 16.2. The summed E-state index contributed by atoms with van der Waals surface area (Å²) < 4.78 is 0. The van der Waals surface area contributed by atoms with Gasteiger partial charge in [-0.05, 0) is 31.5 Å². The van der Waals surface area contributed by atoms with Crippen LogP contribution in [-0.2, 0) is 4.79 Å². The number of hydrogen-bond donors (Lipinski definition) is 1. The van der Waals surface area contributed by atoms with E-state index in [1.54, 1.807) is 30.0 Å². The maximum absolute atomic E-state index is 12.4. The molecule has 1 aromatic heterocycles. The average Bonchev–Trinajstić information content (AvgIpc) is 2.87. The minimum absolute atomic E-state index is 0.0204. The van der Waals surface area contributed by atoms with Crippen molar-refractivity contribution in [3.05, 3.63) is 29.5 Å². The molecule has 0 fully saturated rings. The average molecular weight is 302 g/mol. The van der Waals surface area contributed by atoms with Crippen molar-refractivity contribution < 1.29 is 9.59 Å². The molecule has 0 saturated carbocycles. The van der Waals surface area contributed by atoms with Crippen LogP contribution in [-0.4, -0.2) is 59.0 Å². The molecule has 22 heavy (non-hydrogen) atoms. The molecule has 0 saturated heterocycles. The number of aromatic amines is 1. The summed E-state index contributed by atoms with van der Waals surface area (Å²) in [7, 11) is 3.54. The summed E-state index contributed by atoms with van der Waals surface area (Å²) in [6, 6.07) is 5.52. The van der Waals surface area contributed by atoms with Gasteiger partial charge >= 0.3 is 0 Å². The second kappa shape index (κ2) is 6.60. The predicted molar refractivity (Wildman–Crippen MR) is 85.7 cm³/mol. The lowest BCUT2D eigenvalue weighted by atomic mass is 10.1. The first-order valence-corrected chi connectivity index (χ1v) is 7.32. The van der Waals surface area contributed by atoms with Crippen molar-refractivity contribution in [3.63, 3.8) is 0 Å². The van der Waals surface area contributed by atoms with E-state index in [0.717, 1.165) is 23.0 Å². The minimum atomic E-state index is -0.0204. The molecule has 0 atom stereocenters. The number of nitrogens with one attached hydrogen (secondary N) is 1. The number of carbonyl (C=O) groups excluding carboxylic acids is 2. The van der Waals surface area contributed by atoms with E-state index in [0.29, 0.717) is 18.7 Å². The predicted octanol–water partition coefficient (Wildman–Crippen LogP) is 1.81. The van der Waals surface area contributed by atoms with Crippen molar-refractivity contribution in [2.45, 2.75) is 20.3 Å². The molecule has 0 bridgehead atoms. The van der Waals surface area contributed by atoms with E-state index in [-0.39, 0.29) is 11.8 Å². The summed E-state index contributed by atoms with van der Waals surface area (Å²) in [5, 5.41) is 8.05. The molecule has 6 heteroatoms. The fourth-order valence-electron chi connectivity index (χ4n) is 2.30. The van der Waals surface area contributed by atoms with Gasteiger partial charge in [0.25, 0.3) is 5.91 Å². The molecular weight excluding hydrogens is 280 g/mol. The first-order valence-electron chi connectivity index (χ1n) is 7.32. The maximum atomic E-state index is 12.4. The lowest BCUT2D eigenvalue weighted by Gasteiger charge is -2.20. The smallest absolute Gasteiger partial charge is 0.253 e. The lowest BCUT2D eigenvalue weighted by Crippen LogP contribution is -2.31. The molecule has 0 radical (unpaired) electrons. The summed E-state index contributed by atoms with van der Waals surface area (Å²) >= 11 is 0. The van der Waals surface area contributed by atoms with Crippen LogP contribution in [0.1, 0.15) is 29.4 Å². The third-order valence-electron chi connectivity index (χ3n) is 3.86. The zero-order chi connectivity index (χ0) is 16.3. The van der Waals surface area contributed by atoms with Gasteiger partial charge in [0.15, 0.2) is 0 Å². The van der Waals surface area contributed by atoms with E-state index in [1.807, 2.05) is 19.1 Å². The standard InChI is InChI=1S/C16H22N4O2/c1-11-14-10-13(6-7-15(14)18-17-11)16(22)20(4)9-5-8-19(3)12(2)21/h6-7,10H,5,8-9H2,1-4H3,(H,17,18). The van der Waals surface area contributed by atoms with Crippen LogP contribution in [0.2, 0.25) is 0 Å². The Morgan fingerprint density at radius 3 is 2.55 bits per heavy atom. The Morgan fingerprint density at radius 1 is 1.18 bits per heavy atom. The molecule has 2 amide bonds. The maximum Gasteiger partial charge on any atom is 0.253 e. The van der Waals surface area contributed by atoms with Crippen molar-refractivity contribution in [1.82, 2.24) is 20.0 Å². The fraction of sp³-hybridized carbons (Fsp3) is 0.438. The Morgan fingerprint density at radius 2 is 1.86 bits per heavy atom. The number of H-pyrrole nitrogens is 1. The molecule has 0 unspecified atom stereocenters. The molecule has 0 aliphatic carbocycles. The van der Waals surface area contributed by atoms with Crippen LogP contribution in [0.4, 0.5) is 0 Å². The minimum Gasteiger partial charge on any atom is -0.346 e. The number of carbonyl (C=O) groups is 2. The largest absolute Gasteiger partial charge is 0.346 e. The quantitative estimate of drug-likeness (QED) is 0.916. The summed E-state index contributed by atoms with van der Waals surface area (Å²) in [6.45, 7) is 4.73. The van der Waals surface area contributed by atoms with Gasteiger partial charge in [0.1, 0.15) is 0 Å². The molecule has 0 aliphatic rings. The van der Waals surface area contributed by atoms with Crippen LogP contribution in [0.3, 0.4) is 0 Å². The summed E-state index contributed by atoms with van der Waals surface area (Å²) in [4.78, 5) is 26.9. The third kappa shape index (κ3) is 3.44. The monoisotopic (exact) mass is 302 g/mol. The van der Waals surface area contributed by atoms with Crippen molar-refractivity contribution >= 4 is 22.7 Å². The molecule has 1 N–H and O–H groups in total. The molecule has 0 aliphatic heterocycles. The van der Waals surface area contributed by atoms with E-state index in [2.05, 4.69) is 10.2 Å². The Balaban J connectivity index is 1.99. The first-order chi connectivity index (χ1) is 10.4. The van der Waals surface area contributed by atoms with Crippen molar-refractivity contribution in [2.75, 3.05) is 27.2 Å². The van der Waals surface area contributed by atoms with Crippen molar-refractivity contribution in [3.8, 4) is 0 Å². The van der Waals surface area contributed by atoms with Crippen LogP contribution in [0, 0.1) is 6.92 Å². The summed E-state index contributed by atoms with van der Waals surface area (Å²) in [6.07, 6.45) is 0.755. The van der Waals surface area contributed by atoms with E-state index < -0.39 is 0 Å². The van der Waals surface area contributed by atoms with E-state index in [9.17, 15) is 9.59 Å². The van der Waals surface area contributed by atoms with E-state index >= 15 is 0 Å².